The highest BCUT2D eigenvalue weighted by atomic mass is 32.2. The molecule has 2 aliphatic rings. The number of amides is 2. The summed E-state index contributed by atoms with van der Waals surface area (Å²) in [5, 5.41) is 4.72. The molecule has 2 fully saturated rings. The second-order valence-electron chi connectivity index (χ2n) is 5.97. The molecule has 2 heterocycles. The highest BCUT2D eigenvalue weighted by Gasteiger charge is 2.39. The van der Waals surface area contributed by atoms with Gasteiger partial charge in [-0.05, 0) is 37.1 Å². The minimum atomic E-state index is -3.90. The lowest BCUT2D eigenvalue weighted by Gasteiger charge is -2.34. The Labute approximate surface area is 155 Å². The Bertz CT molecular complexity index is 919. The number of piperidine rings is 1. The third kappa shape index (κ3) is 3.64. The third-order valence-corrected chi connectivity index (χ3v) is 8.04. The van der Waals surface area contributed by atoms with Crippen LogP contribution < -0.4 is 5.14 Å². The van der Waals surface area contributed by atoms with Crippen LogP contribution in [0.3, 0.4) is 0 Å². The zero-order valence-corrected chi connectivity index (χ0v) is 16.0. The fourth-order valence-electron chi connectivity index (χ4n) is 3.01. The molecule has 0 radical (unpaired) electrons. The average molecular weight is 420 g/mol. The number of imide groups is 1. The molecule has 2 aliphatic heterocycles. The van der Waals surface area contributed by atoms with Gasteiger partial charge in [0.2, 0.25) is 26.0 Å². The van der Waals surface area contributed by atoms with Crippen LogP contribution in [0.1, 0.15) is 12.8 Å². The van der Waals surface area contributed by atoms with E-state index in [1.54, 1.807) is 0 Å². The molecular formula is C14H17N3O6S3. The second kappa shape index (κ2) is 6.93. The largest absolute Gasteiger partial charge is 0.289 e. The van der Waals surface area contributed by atoms with Crippen molar-refractivity contribution in [2.75, 3.05) is 18.8 Å². The first-order chi connectivity index (χ1) is 12.1. The topological polar surface area (TPSA) is 135 Å². The lowest BCUT2D eigenvalue weighted by molar-refractivity contribution is -0.126. The number of hydrogen-bond donors (Lipinski definition) is 1. The molecule has 2 N–H and O–H groups in total. The molecule has 142 valence electrons. The van der Waals surface area contributed by atoms with E-state index in [1.165, 1.54) is 21.3 Å². The Hall–Kier alpha value is -1.47. The SMILES string of the molecule is NS(=O)(=O)c1ccc(S(=O)(=O)N2CCC(N3C(=O)CSC3=O)CC2)cc1. The van der Waals surface area contributed by atoms with E-state index in [9.17, 15) is 26.4 Å². The smallest absolute Gasteiger partial charge is 0.273 e. The number of carbonyl (C=O) groups excluding carboxylic acids is 2. The Balaban J connectivity index is 1.72. The maximum Gasteiger partial charge on any atom is 0.289 e. The summed E-state index contributed by atoms with van der Waals surface area (Å²) >= 11 is 0.960. The number of hydrogen-bond acceptors (Lipinski definition) is 7. The number of benzene rings is 1. The van der Waals surface area contributed by atoms with Crippen LogP contribution in [-0.2, 0) is 24.8 Å². The quantitative estimate of drug-likeness (QED) is 0.735. The third-order valence-electron chi connectivity index (χ3n) is 4.36. The average Bonchev–Trinajstić information content (AvgIpc) is 2.93. The van der Waals surface area contributed by atoms with Gasteiger partial charge in [-0.3, -0.25) is 14.5 Å². The van der Waals surface area contributed by atoms with E-state index in [1.807, 2.05) is 0 Å². The van der Waals surface area contributed by atoms with Gasteiger partial charge >= 0.3 is 0 Å². The molecule has 0 atom stereocenters. The molecule has 0 aromatic heterocycles. The van der Waals surface area contributed by atoms with E-state index < -0.39 is 20.0 Å². The Morgan fingerprint density at radius 2 is 1.50 bits per heavy atom. The number of sulfonamides is 2. The monoisotopic (exact) mass is 419 g/mol. The van der Waals surface area contributed by atoms with E-state index in [4.69, 9.17) is 5.14 Å². The van der Waals surface area contributed by atoms with Crippen LogP contribution in [0.4, 0.5) is 4.79 Å². The van der Waals surface area contributed by atoms with Crippen molar-refractivity contribution in [3.63, 3.8) is 0 Å². The summed E-state index contributed by atoms with van der Waals surface area (Å²) in [5.41, 5.74) is 0. The fourth-order valence-corrected chi connectivity index (χ4v) is 5.77. The van der Waals surface area contributed by atoms with Gasteiger partial charge in [0, 0.05) is 19.1 Å². The van der Waals surface area contributed by atoms with Gasteiger partial charge in [0.1, 0.15) is 0 Å². The van der Waals surface area contributed by atoms with Crippen molar-refractivity contribution in [3.8, 4) is 0 Å². The minimum Gasteiger partial charge on any atom is -0.273 e. The van der Waals surface area contributed by atoms with Crippen LogP contribution in [-0.4, -0.2) is 62.1 Å². The first kappa shape index (κ1) is 19.3. The van der Waals surface area contributed by atoms with Crippen LogP contribution in [0, 0.1) is 0 Å². The van der Waals surface area contributed by atoms with Gasteiger partial charge < -0.3 is 0 Å². The molecule has 3 rings (SSSR count). The molecule has 12 heteroatoms. The number of nitrogens with two attached hydrogens (primary N) is 1. The Kier molecular flexibility index (Phi) is 5.14. The van der Waals surface area contributed by atoms with Gasteiger partial charge in [-0.25, -0.2) is 22.0 Å². The molecule has 0 unspecified atom stereocenters. The van der Waals surface area contributed by atoms with Gasteiger partial charge in [-0.15, -0.1) is 0 Å². The summed E-state index contributed by atoms with van der Waals surface area (Å²) in [4.78, 5) is 24.6. The number of nitrogens with zero attached hydrogens (tertiary/aromatic N) is 2. The van der Waals surface area contributed by atoms with Crippen molar-refractivity contribution in [2.45, 2.75) is 28.7 Å². The van der Waals surface area contributed by atoms with E-state index in [0.29, 0.717) is 12.8 Å². The molecule has 0 aliphatic carbocycles. The predicted molar refractivity (Wildman–Crippen MR) is 94.3 cm³/mol. The van der Waals surface area contributed by atoms with Crippen molar-refractivity contribution < 1.29 is 26.4 Å². The van der Waals surface area contributed by atoms with Crippen LogP contribution in [0.5, 0.6) is 0 Å². The predicted octanol–water partition coefficient (Wildman–Crippen LogP) is 0.183. The minimum absolute atomic E-state index is 0.0350. The van der Waals surface area contributed by atoms with E-state index in [2.05, 4.69) is 0 Å². The van der Waals surface area contributed by atoms with Crippen LogP contribution in [0.15, 0.2) is 34.1 Å². The maximum atomic E-state index is 12.7. The van der Waals surface area contributed by atoms with Gasteiger partial charge in [-0.1, -0.05) is 11.8 Å². The van der Waals surface area contributed by atoms with E-state index in [-0.39, 0.29) is 45.8 Å². The Morgan fingerprint density at radius 3 is 1.96 bits per heavy atom. The molecule has 1 aromatic carbocycles. The van der Waals surface area contributed by atoms with Gasteiger partial charge in [0.15, 0.2) is 0 Å². The first-order valence-corrected chi connectivity index (χ1v) is 11.7. The number of rotatable bonds is 4. The molecule has 9 nitrogen and oxygen atoms in total. The highest BCUT2D eigenvalue weighted by molar-refractivity contribution is 8.14. The molecular weight excluding hydrogens is 402 g/mol. The van der Waals surface area contributed by atoms with Crippen LogP contribution in [0.2, 0.25) is 0 Å². The molecule has 0 saturated carbocycles. The zero-order valence-electron chi connectivity index (χ0n) is 13.6. The molecule has 2 amide bonds. The number of thioether (sulfide) groups is 1. The molecule has 26 heavy (non-hydrogen) atoms. The second-order valence-corrected chi connectivity index (χ2v) is 10.4. The van der Waals surface area contributed by atoms with E-state index in [0.717, 1.165) is 23.9 Å². The summed E-state index contributed by atoms with van der Waals surface area (Å²) in [6, 6.07) is 4.40. The normalized spacial score (nSPS) is 20.7. The maximum absolute atomic E-state index is 12.7. The Morgan fingerprint density at radius 1 is 0.962 bits per heavy atom. The van der Waals surface area contributed by atoms with Crippen molar-refractivity contribution >= 4 is 43.0 Å². The molecule has 0 bridgehead atoms. The van der Waals surface area contributed by atoms with Gasteiger partial charge in [0.25, 0.3) is 5.24 Å². The highest BCUT2D eigenvalue weighted by Crippen LogP contribution is 2.29. The lowest BCUT2D eigenvalue weighted by Crippen LogP contribution is -2.48. The van der Waals surface area contributed by atoms with Crippen LogP contribution >= 0.6 is 11.8 Å². The zero-order chi connectivity index (χ0) is 19.1. The van der Waals surface area contributed by atoms with Crippen molar-refractivity contribution in [1.29, 1.82) is 0 Å². The van der Waals surface area contributed by atoms with Crippen molar-refractivity contribution in [3.05, 3.63) is 24.3 Å². The molecule has 1 aromatic rings. The van der Waals surface area contributed by atoms with Gasteiger partial charge in [0.05, 0.1) is 15.5 Å². The fraction of sp³-hybridized carbons (Fsp3) is 0.429. The number of carbonyl (C=O) groups is 2. The van der Waals surface area contributed by atoms with Crippen molar-refractivity contribution in [1.82, 2.24) is 9.21 Å². The standard InChI is InChI=1S/C14H17N3O6S3/c15-25(20,21)11-1-3-12(4-2-11)26(22,23)16-7-5-10(6-8-16)17-13(18)9-24-14(17)19/h1-4,10H,5-9H2,(H2,15,20,21). The molecule has 0 spiro atoms. The lowest BCUT2D eigenvalue weighted by atomic mass is 10.1. The van der Waals surface area contributed by atoms with Gasteiger partial charge in [-0.2, -0.15) is 4.31 Å². The first-order valence-electron chi connectivity index (χ1n) is 7.72. The summed E-state index contributed by atoms with van der Waals surface area (Å²) in [6.07, 6.45) is 0.735. The molecule has 2 saturated heterocycles. The summed E-state index contributed by atoms with van der Waals surface area (Å²) < 4.78 is 49.2. The summed E-state index contributed by atoms with van der Waals surface area (Å²) in [6.45, 7) is 0.345. The van der Waals surface area contributed by atoms with Crippen LogP contribution in [0.25, 0.3) is 0 Å². The van der Waals surface area contributed by atoms with E-state index >= 15 is 0 Å². The summed E-state index contributed by atoms with van der Waals surface area (Å²) in [5.74, 6) is -0.104. The summed E-state index contributed by atoms with van der Waals surface area (Å²) in [7, 11) is -7.69. The van der Waals surface area contributed by atoms with Crippen molar-refractivity contribution in [2.24, 2.45) is 5.14 Å². The number of primary sulfonamides is 1.